The topological polar surface area (TPSA) is 50.4 Å². The van der Waals surface area contributed by atoms with E-state index in [9.17, 15) is 4.79 Å². The van der Waals surface area contributed by atoms with Crippen LogP contribution in [0.15, 0.2) is 0 Å². The van der Waals surface area contributed by atoms with Crippen molar-refractivity contribution in [3.05, 3.63) is 0 Å². The van der Waals surface area contributed by atoms with Gasteiger partial charge in [-0.3, -0.25) is 4.79 Å². The Bertz CT molecular complexity index is 156. The van der Waals surface area contributed by atoms with Gasteiger partial charge in [0.2, 0.25) is 5.91 Å². The summed E-state index contributed by atoms with van der Waals surface area (Å²) < 4.78 is 5.45. The van der Waals surface area contributed by atoms with Crippen LogP contribution in [-0.2, 0) is 9.53 Å². The summed E-state index contributed by atoms with van der Waals surface area (Å²) in [7, 11) is 1.64. The minimum Gasteiger partial charge on any atom is -0.378 e. The summed E-state index contributed by atoms with van der Waals surface area (Å²) in [4.78, 5) is 10.8. The summed E-state index contributed by atoms with van der Waals surface area (Å²) in [5.41, 5.74) is 0. The van der Waals surface area contributed by atoms with Crippen molar-refractivity contribution in [2.45, 2.75) is 25.4 Å². The van der Waals surface area contributed by atoms with Gasteiger partial charge in [-0.1, -0.05) is 0 Å². The Kier molecular flexibility index (Phi) is 4.78. The molecule has 1 aliphatic heterocycles. The Morgan fingerprint density at radius 1 is 1.62 bits per heavy atom. The first-order chi connectivity index (χ1) is 6.33. The van der Waals surface area contributed by atoms with Crippen LogP contribution in [0, 0.1) is 0 Å². The number of carbonyl (C=O) groups excluding carboxylic acids is 1. The molecule has 1 saturated heterocycles. The van der Waals surface area contributed by atoms with E-state index in [1.54, 1.807) is 7.05 Å². The van der Waals surface area contributed by atoms with Crippen molar-refractivity contribution in [1.29, 1.82) is 0 Å². The van der Waals surface area contributed by atoms with Gasteiger partial charge in [0.1, 0.15) is 0 Å². The Morgan fingerprint density at radius 2 is 2.46 bits per heavy atom. The summed E-state index contributed by atoms with van der Waals surface area (Å²) in [6.07, 6.45) is 3.77. The molecule has 0 spiro atoms. The zero-order valence-electron chi connectivity index (χ0n) is 8.14. The first-order valence-corrected chi connectivity index (χ1v) is 4.86. The summed E-state index contributed by atoms with van der Waals surface area (Å²) in [6, 6.07) is 0. The quantitative estimate of drug-likeness (QED) is 0.589. The highest BCUT2D eigenvalue weighted by molar-refractivity contribution is 5.77. The second-order valence-corrected chi connectivity index (χ2v) is 3.27. The molecule has 1 fully saturated rings. The number of carbonyl (C=O) groups is 1. The van der Waals surface area contributed by atoms with Gasteiger partial charge in [-0.05, 0) is 25.8 Å². The number of rotatable bonds is 5. The molecular formula is C9H18N2O2. The molecule has 4 nitrogen and oxygen atoms in total. The van der Waals surface area contributed by atoms with Crippen LogP contribution in [0.5, 0.6) is 0 Å². The van der Waals surface area contributed by atoms with E-state index in [1.165, 1.54) is 12.8 Å². The third-order valence-electron chi connectivity index (χ3n) is 2.23. The smallest absolute Gasteiger partial charge is 0.233 e. The molecule has 13 heavy (non-hydrogen) atoms. The highest BCUT2D eigenvalue weighted by Crippen LogP contribution is 2.14. The number of likely N-dealkylation sites (N-methyl/N-ethyl adjacent to an activating group) is 1. The van der Waals surface area contributed by atoms with E-state index in [-0.39, 0.29) is 5.91 Å². The molecule has 0 aromatic carbocycles. The number of hydrogen-bond acceptors (Lipinski definition) is 3. The molecule has 1 atom stereocenters. The Hall–Kier alpha value is -0.610. The molecular weight excluding hydrogens is 168 g/mol. The maximum Gasteiger partial charge on any atom is 0.233 e. The molecule has 0 aliphatic carbocycles. The lowest BCUT2D eigenvalue weighted by Crippen LogP contribution is -2.32. The van der Waals surface area contributed by atoms with Crippen LogP contribution in [-0.4, -0.2) is 38.8 Å². The molecule has 0 bridgehead atoms. The van der Waals surface area contributed by atoms with Crippen molar-refractivity contribution in [1.82, 2.24) is 10.6 Å². The minimum atomic E-state index is 0.0346. The van der Waals surface area contributed by atoms with Crippen LogP contribution < -0.4 is 10.6 Å². The van der Waals surface area contributed by atoms with Gasteiger partial charge in [-0.2, -0.15) is 0 Å². The maximum absolute atomic E-state index is 10.8. The molecule has 0 radical (unpaired) electrons. The predicted octanol–water partition coefficient (Wildman–Crippen LogP) is -0.109. The Labute approximate surface area is 79.0 Å². The lowest BCUT2D eigenvalue weighted by molar-refractivity contribution is -0.119. The molecule has 76 valence electrons. The molecule has 1 aliphatic rings. The summed E-state index contributed by atoms with van der Waals surface area (Å²) in [5.74, 6) is 0.0346. The van der Waals surface area contributed by atoms with Gasteiger partial charge in [0.05, 0.1) is 12.6 Å². The van der Waals surface area contributed by atoms with E-state index >= 15 is 0 Å². The molecule has 0 aromatic heterocycles. The van der Waals surface area contributed by atoms with Gasteiger partial charge in [0, 0.05) is 13.7 Å². The van der Waals surface area contributed by atoms with Crippen LogP contribution in [0.25, 0.3) is 0 Å². The molecule has 1 unspecified atom stereocenters. The van der Waals surface area contributed by atoms with Gasteiger partial charge in [-0.15, -0.1) is 0 Å². The first-order valence-electron chi connectivity index (χ1n) is 4.86. The van der Waals surface area contributed by atoms with E-state index in [0.717, 1.165) is 19.6 Å². The van der Waals surface area contributed by atoms with E-state index in [0.29, 0.717) is 12.6 Å². The normalized spacial score (nSPS) is 21.8. The van der Waals surface area contributed by atoms with Crippen LogP contribution >= 0.6 is 0 Å². The van der Waals surface area contributed by atoms with E-state index in [1.807, 2.05) is 0 Å². The van der Waals surface area contributed by atoms with Crippen molar-refractivity contribution in [3.8, 4) is 0 Å². The van der Waals surface area contributed by atoms with E-state index in [4.69, 9.17) is 4.74 Å². The SMILES string of the molecule is CNC(=O)CNCCC1CCCO1. The monoisotopic (exact) mass is 186 g/mol. The van der Waals surface area contributed by atoms with Crippen molar-refractivity contribution in [2.24, 2.45) is 0 Å². The molecule has 0 saturated carbocycles. The third kappa shape index (κ3) is 4.24. The van der Waals surface area contributed by atoms with Crippen LogP contribution in [0.4, 0.5) is 0 Å². The Morgan fingerprint density at radius 3 is 3.08 bits per heavy atom. The molecule has 4 heteroatoms. The third-order valence-corrected chi connectivity index (χ3v) is 2.23. The molecule has 2 N–H and O–H groups in total. The van der Waals surface area contributed by atoms with Crippen LogP contribution in [0.1, 0.15) is 19.3 Å². The van der Waals surface area contributed by atoms with Gasteiger partial charge in [0.25, 0.3) is 0 Å². The molecule has 0 aromatic rings. The average Bonchev–Trinajstić information content (AvgIpc) is 2.64. The molecule has 1 amide bonds. The lowest BCUT2D eigenvalue weighted by atomic mass is 10.2. The van der Waals surface area contributed by atoms with Crippen molar-refractivity contribution in [2.75, 3.05) is 26.7 Å². The fourth-order valence-corrected chi connectivity index (χ4v) is 1.43. The van der Waals surface area contributed by atoms with Gasteiger partial charge >= 0.3 is 0 Å². The van der Waals surface area contributed by atoms with Gasteiger partial charge in [-0.25, -0.2) is 0 Å². The van der Waals surface area contributed by atoms with Crippen LogP contribution in [0.2, 0.25) is 0 Å². The van der Waals surface area contributed by atoms with E-state index in [2.05, 4.69) is 10.6 Å². The fourth-order valence-electron chi connectivity index (χ4n) is 1.43. The summed E-state index contributed by atoms with van der Waals surface area (Å²) >= 11 is 0. The summed E-state index contributed by atoms with van der Waals surface area (Å²) in [6.45, 7) is 2.17. The Balaban J connectivity index is 1.91. The lowest BCUT2D eigenvalue weighted by Gasteiger charge is -2.09. The number of nitrogens with one attached hydrogen (secondary N) is 2. The fraction of sp³-hybridized carbons (Fsp3) is 0.889. The largest absolute Gasteiger partial charge is 0.378 e. The number of hydrogen-bond donors (Lipinski definition) is 2. The van der Waals surface area contributed by atoms with Gasteiger partial charge < -0.3 is 15.4 Å². The second kappa shape index (κ2) is 5.94. The van der Waals surface area contributed by atoms with Gasteiger partial charge in [0.15, 0.2) is 0 Å². The first kappa shape index (κ1) is 10.5. The van der Waals surface area contributed by atoms with Crippen molar-refractivity contribution < 1.29 is 9.53 Å². The maximum atomic E-state index is 10.8. The number of ether oxygens (including phenoxy) is 1. The predicted molar refractivity (Wildman–Crippen MR) is 50.5 cm³/mol. The second-order valence-electron chi connectivity index (χ2n) is 3.27. The van der Waals surface area contributed by atoms with Crippen molar-refractivity contribution in [3.63, 3.8) is 0 Å². The van der Waals surface area contributed by atoms with Crippen molar-refractivity contribution >= 4 is 5.91 Å². The van der Waals surface area contributed by atoms with Crippen LogP contribution in [0.3, 0.4) is 0 Å². The standard InChI is InChI=1S/C9H18N2O2/c1-10-9(12)7-11-5-4-8-3-2-6-13-8/h8,11H,2-7H2,1H3,(H,10,12). The molecule has 1 rings (SSSR count). The average molecular weight is 186 g/mol. The molecule has 1 heterocycles. The highest BCUT2D eigenvalue weighted by atomic mass is 16.5. The van der Waals surface area contributed by atoms with E-state index < -0.39 is 0 Å². The zero-order chi connectivity index (χ0) is 9.52. The number of amides is 1. The summed E-state index contributed by atoms with van der Waals surface area (Å²) in [5, 5.41) is 5.63. The minimum absolute atomic E-state index is 0.0346. The highest BCUT2D eigenvalue weighted by Gasteiger charge is 2.14. The zero-order valence-corrected chi connectivity index (χ0v) is 8.14.